The molecule has 5 nitrogen and oxygen atoms in total. The summed E-state index contributed by atoms with van der Waals surface area (Å²) in [4.78, 5) is 24.2. The second kappa shape index (κ2) is 5.72. The Hall–Kier alpha value is -1.26. The van der Waals surface area contributed by atoms with E-state index in [9.17, 15) is 9.59 Å². The van der Waals surface area contributed by atoms with E-state index >= 15 is 0 Å². The molecule has 0 aliphatic heterocycles. The number of carboxylic acid groups (broad SMARTS) is 1. The van der Waals surface area contributed by atoms with Crippen molar-refractivity contribution < 1.29 is 14.7 Å². The quantitative estimate of drug-likeness (QED) is 0.722. The molecule has 1 aliphatic carbocycles. The first-order valence-corrected chi connectivity index (χ1v) is 5.86. The monoisotopic (exact) mass is 228 g/mol. The number of carbonyl (C=O) groups excluding carboxylic acids is 1. The minimum Gasteiger partial charge on any atom is -0.480 e. The summed E-state index contributed by atoms with van der Waals surface area (Å²) in [6.07, 6.45) is 4.08. The number of aliphatic carboxylic acids is 1. The standard InChI is InChI=1S/C11H20N2O3/c1-3-4-7-13(9-5-6-9)11(16)12-8(2)10(14)15/h8-9H,3-7H2,1-2H3,(H,12,16)(H,14,15)/t8-/m0/s1. The van der Waals surface area contributed by atoms with Crippen LogP contribution in [0.4, 0.5) is 4.79 Å². The molecular formula is C11H20N2O3. The predicted octanol–water partition coefficient (Wildman–Crippen LogP) is 1.43. The third-order valence-corrected chi connectivity index (χ3v) is 2.71. The van der Waals surface area contributed by atoms with Crippen molar-refractivity contribution in [2.75, 3.05) is 6.54 Å². The van der Waals surface area contributed by atoms with Gasteiger partial charge >= 0.3 is 12.0 Å². The van der Waals surface area contributed by atoms with Crippen molar-refractivity contribution in [2.24, 2.45) is 0 Å². The van der Waals surface area contributed by atoms with Crippen LogP contribution in [0.2, 0.25) is 0 Å². The summed E-state index contributed by atoms with van der Waals surface area (Å²) < 4.78 is 0. The number of hydrogen-bond acceptors (Lipinski definition) is 2. The molecule has 5 heteroatoms. The third-order valence-electron chi connectivity index (χ3n) is 2.71. The Bertz CT molecular complexity index is 264. The van der Waals surface area contributed by atoms with Gasteiger partial charge in [0, 0.05) is 12.6 Å². The van der Waals surface area contributed by atoms with Gasteiger partial charge in [-0.05, 0) is 26.2 Å². The molecule has 0 bridgehead atoms. The lowest BCUT2D eigenvalue weighted by atomic mass is 10.3. The number of rotatable bonds is 6. The van der Waals surface area contributed by atoms with Gasteiger partial charge < -0.3 is 15.3 Å². The topological polar surface area (TPSA) is 69.6 Å². The van der Waals surface area contributed by atoms with Crippen molar-refractivity contribution in [2.45, 2.75) is 51.6 Å². The van der Waals surface area contributed by atoms with Gasteiger partial charge in [0.15, 0.2) is 0 Å². The van der Waals surface area contributed by atoms with Crippen molar-refractivity contribution in [3.8, 4) is 0 Å². The second-order valence-corrected chi connectivity index (χ2v) is 4.29. The van der Waals surface area contributed by atoms with Crippen molar-refractivity contribution in [3.63, 3.8) is 0 Å². The summed E-state index contributed by atoms with van der Waals surface area (Å²) in [5.41, 5.74) is 0. The molecule has 0 aromatic carbocycles. The maximum atomic E-state index is 11.8. The Morgan fingerprint density at radius 1 is 1.50 bits per heavy atom. The summed E-state index contributed by atoms with van der Waals surface area (Å²) in [5.74, 6) is -1.00. The van der Waals surface area contributed by atoms with Crippen LogP contribution in [-0.2, 0) is 4.79 Å². The van der Waals surface area contributed by atoms with E-state index in [1.54, 1.807) is 4.90 Å². The molecule has 0 saturated heterocycles. The highest BCUT2D eigenvalue weighted by atomic mass is 16.4. The van der Waals surface area contributed by atoms with E-state index in [0.717, 1.165) is 32.2 Å². The van der Waals surface area contributed by atoms with Crippen molar-refractivity contribution in [1.29, 1.82) is 0 Å². The molecule has 92 valence electrons. The van der Waals surface area contributed by atoms with E-state index in [0.29, 0.717) is 6.04 Å². The van der Waals surface area contributed by atoms with Crippen LogP contribution in [0.3, 0.4) is 0 Å². The maximum absolute atomic E-state index is 11.8. The molecule has 1 aliphatic rings. The number of carbonyl (C=O) groups is 2. The lowest BCUT2D eigenvalue weighted by molar-refractivity contribution is -0.138. The number of carboxylic acids is 1. The average molecular weight is 228 g/mol. The Morgan fingerprint density at radius 3 is 2.56 bits per heavy atom. The van der Waals surface area contributed by atoms with Gasteiger partial charge in [-0.15, -0.1) is 0 Å². The van der Waals surface area contributed by atoms with E-state index < -0.39 is 12.0 Å². The summed E-state index contributed by atoms with van der Waals surface area (Å²) in [6, 6.07) is -0.742. The highest BCUT2D eigenvalue weighted by Crippen LogP contribution is 2.27. The van der Waals surface area contributed by atoms with Gasteiger partial charge in [-0.25, -0.2) is 4.79 Å². The van der Waals surface area contributed by atoms with Crippen molar-refractivity contribution >= 4 is 12.0 Å². The molecular weight excluding hydrogens is 208 g/mol. The van der Waals surface area contributed by atoms with E-state index in [2.05, 4.69) is 12.2 Å². The number of nitrogens with zero attached hydrogens (tertiary/aromatic N) is 1. The molecule has 2 N–H and O–H groups in total. The molecule has 2 amide bonds. The Balaban J connectivity index is 2.43. The largest absolute Gasteiger partial charge is 0.480 e. The van der Waals surface area contributed by atoms with Crippen LogP contribution in [0.25, 0.3) is 0 Å². The van der Waals surface area contributed by atoms with E-state index in [4.69, 9.17) is 5.11 Å². The molecule has 0 heterocycles. The summed E-state index contributed by atoms with van der Waals surface area (Å²) >= 11 is 0. The molecule has 0 spiro atoms. The van der Waals surface area contributed by atoms with Gasteiger partial charge in [0.2, 0.25) is 0 Å². The fourth-order valence-electron chi connectivity index (χ4n) is 1.49. The predicted molar refractivity (Wildman–Crippen MR) is 60.3 cm³/mol. The molecule has 0 radical (unpaired) electrons. The number of urea groups is 1. The number of amides is 2. The Labute approximate surface area is 95.8 Å². The van der Waals surface area contributed by atoms with Gasteiger partial charge in [0.05, 0.1) is 0 Å². The Morgan fingerprint density at radius 2 is 2.12 bits per heavy atom. The van der Waals surface area contributed by atoms with Crippen LogP contribution >= 0.6 is 0 Å². The maximum Gasteiger partial charge on any atom is 0.325 e. The first-order valence-electron chi connectivity index (χ1n) is 5.86. The van der Waals surface area contributed by atoms with Gasteiger partial charge in [0.25, 0.3) is 0 Å². The van der Waals surface area contributed by atoms with Crippen molar-refractivity contribution in [1.82, 2.24) is 10.2 Å². The second-order valence-electron chi connectivity index (χ2n) is 4.29. The fourth-order valence-corrected chi connectivity index (χ4v) is 1.49. The van der Waals surface area contributed by atoms with Crippen LogP contribution in [0.5, 0.6) is 0 Å². The number of hydrogen-bond donors (Lipinski definition) is 2. The number of unbranched alkanes of at least 4 members (excludes halogenated alkanes) is 1. The molecule has 0 aromatic heterocycles. The van der Waals surface area contributed by atoms with Crippen LogP contribution in [-0.4, -0.2) is 40.6 Å². The average Bonchev–Trinajstić information content (AvgIpc) is 3.02. The van der Waals surface area contributed by atoms with Crippen LogP contribution in [0.1, 0.15) is 39.5 Å². The SMILES string of the molecule is CCCCN(C(=O)N[C@@H](C)C(=O)O)C1CC1. The van der Waals surface area contributed by atoms with Gasteiger partial charge in [-0.2, -0.15) is 0 Å². The zero-order valence-electron chi connectivity index (χ0n) is 9.90. The lowest BCUT2D eigenvalue weighted by Crippen LogP contribution is -2.47. The smallest absolute Gasteiger partial charge is 0.325 e. The van der Waals surface area contributed by atoms with Crippen LogP contribution < -0.4 is 5.32 Å². The zero-order valence-corrected chi connectivity index (χ0v) is 9.90. The highest BCUT2D eigenvalue weighted by molar-refractivity contribution is 5.82. The van der Waals surface area contributed by atoms with Gasteiger partial charge in [-0.3, -0.25) is 4.79 Å². The lowest BCUT2D eigenvalue weighted by Gasteiger charge is -2.23. The highest BCUT2D eigenvalue weighted by Gasteiger charge is 2.32. The molecule has 16 heavy (non-hydrogen) atoms. The van der Waals surface area contributed by atoms with Crippen LogP contribution in [0, 0.1) is 0 Å². The Kier molecular flexibility index (Phi) is 4.58. The van der Waals surface area contributed by atoms with Gasteiger partial charge in [0.1, 0.15) is 6.04 Å². The number of nitrogens with one attached hydrogen (secondary N) is 1. The minimum absolute atomic E-state index is 0.245. The van der Waals surface area contributed by atoms with E-state index in [1.165, 1.54) is 6.92 Å². The van der Waals surface area contributed by atoms with Crippen LogP contribution in [0.15, 0.2) is 0 Å². The zero-order chi connectivity index (χ0) is 12.1. The van der Waals surface area contributed by atoms with E-state index in [-0.39, 0.29) is 6.03 Å². The summed E-state index contributed by atoms with van der Waals surface area (Å²) in [7, 11) is 0. The molecule has 1 atom stereocenters. The molecule has 0 unspecified atom stereocenters. The summed E-state index contributed by atoms with van der Waals surface area (Å²) in [6.45, 7) is 4.27. The molecule has 1 rings (SSSR count). The molecule has 0 aromatic rings. The first-order chi connectivity index (χ1) is 7.56. The molecule has 1 saturated carbocycles. The fraction of sp³-hybridized carbons (Fsp3) is 0.818. The first kappa shape index (κ1) is 12.8. The third kappa shape index (κ3) is 3.72. The van der Waals surface area contributed by atoms with Gasteiger partial charge in [-0.1, -0.05) is 13.3 Å². The minimum atomic E-state index is -1.00. The molecule has 1 fully saturated rings. The van der Waals surface area contributed by atoms with Crippen molar-refractivity contribution in [3.05, 3.63) is 0 Å². The van der Waals surface area contributed by atoms with E-state index in [1.807, 2.05) is 0 Å². The normalized spacial score (nSPS) is 16.6. The summed E-state index contributed by atoms with van der Waals surface area (Å²) in [5, 5.41) is 11.2.